The Hall–Kier alpha value is 0.0700. The molecule has 0 spiro atoms. The Bertz CT molecular complexity index is 183. The van der Waals surface area contributed by atoms with Crippen LogP contribution in [0.3, 0.4) is 0 Å². The zero-order valence-corrected chi connectivity index (χ0v) is 10.4. The average molecular weight is 259 g/mol. The Morgan fingerprint density at radius 1 is 1.53 bits per heavy atom. The van der Waals surface area contributed by atoms with Crippen LogP contribution in [-0.2, 0) is 13.8 Å². The van der Waals surface area contributed by atoms with Gasteiger partial charge in [-0.2, -0.15) is 0 Å². The SMILES string of the molecule is CC(=O)O.CCC1(CO)COP(Cl)OC1. The fraction of sp³-hybridized carbons (Fsp3) is 0.875. The number of carboxylic acid groups (broad SMARTS) is 1. The Morgan fingerprint density at radius 2 is 1.93 bits per heavy atom. The van der Waals surface area contributed by atoms with E-state index in [9.17, 15) is 0 Å². The average Bonchev–Trinajstić information content (AvgIpc) is 2.19. The summed E-state index contributed by atoms with van der Waals surface area (Å²) in [5, 5.41) is 16.4. The number of carbonyl (C=O) groups is 1. The first-order valence-electron chi connectivity index (χ1n) is 4.48. The van der Waals surface area contributed by atoms with Gasteiger partial charge in [0.2, 0.25) is 0 Å². The van der Waals surface area contributed by atoms with Gasteiger partial charge in [0.1, 0.15) is 0 Å². The van der Waals surface area contributed by atoms with E-state index in [0.29, 0.717) is 13.2 Å². The van der Waals surface area contributed by atoms with E-state index in [2.05, 4.69) is 0 Å². The maximum absolute atomic E-state index is 9.03. The Kier molecular flexibility index (Phi) is 7.40. The number of halogens is 1. The fourth-order valence-electron chi connectivity index (χ4n) is 0.862. The van der Waals surface area contributed by atoms with Crippen LogP contribution in [0.5, 0.6) is 0 Å². The molecule has 0 saturated carbocycles. The summed E-state index contributed by atoms with van der Waals surface area (Å²) in [6, 6.07) is 0. The summed E-state index contributed by atoms with van der Waals surface area (Å²) < 4.78 is 10.2. The lowest BCUT2D eigenvalue weighted by Gasteiger charge is -2.35. The molecule has 0 bridgehead atoms. The molecule has 0 atom stereocenters. The summed E-state index contributed by atoms with van der Waals surface area (Å²) in [5.41, 5.74) is -0.215. The van der Waals surface area contributed by atoms with Gasteiger partial charge in [-0.3, -0.25) is 4.79 Å². The topological polar surface area (TPSA) is 76.0 Å². The van der Waals surface area contributed by atoms with Crippen LogP contribution in [0, 0.1) is 5.41 Å². The van der Waals surface area contributed by atoms with Crippen LogP contribution < -0.4 is 0 Å². The minimum absolute atomic E-state index is 0.101. The molecule has 1 heterocycles. The zero-order chi connectivity index (χ0) is 11.9. The molecule has 1 fully saturated rings. The number of carboxylic acids is 1. The van der Waals surface area contributed by atoms with Crippen molar-refractivity contribution in [2.24, 2.45) is 5.41 Å². The lowest BCUT2D eigenvalue weighted by molar-refractivity contribution is -0.134. The Balaban J connectivity index is 0.000000423. The van der Waals surface area contributed by atoms with E-state index >= 15 is 0 Å². The van der Waals surface area contributed by atoms with Crippen molar-refractivity contribution >= 4 is 24.9 Å². The van der Waals surface area contributed by atoms with Crippen LogP contribution in [0.1, 0.15) is 20.3 Å². The van der Waals surface area contributed by atoms with Gasteiger partial charge >= 0.3 is 0 Å². The van der Waals surface area contributed by atoms with E-state index in [-0.39, 0.29) is 12.0 Å². The molecule has 2 N–H and O–H groups in total. The molecule has 0 unspecified atom stereocenters. The van der Waals surface area contributed by atoms with Gasteiger partial charge in [0.25, 0.3) is 13.7 Å². The molecule has 15 heavy (non-hydrogen) atoms. The van der Waals surface area contributed by atoms with Gasteiger partial charge in [0.15, 0.2) is 0 Å². The van der Waals surface area contributed by atoms with E-state index in [4.69, 9.17) is 35.3 Å². The Morgan fingerprint density at radius 3 is 2.20 bits per heavy atom. The summed E-state index contributed by atoms with van der Waals surface area (Å²) in [4.78, 5) is 9.00. The van der Waals surface area contributed by atoms with Crippen LogP contribution in [0.25, 0.3) is 0 Å². The molecule has 1 aliphatic heterocycles. The van der Waals surface area contributed by atoms with Gasteiger partial charge in [0.05, 0.1) is 19.8 Å². The zero-order valence-electron chi connectivity index (χ0n) is 8.77. The number of aliphatic hydroxyl groups excluding tert-OH is 1. The van der Waals surface area contributed by atoms with Gasteiger partial charge in [-0.25, -0.2) is 0 Å². The standard InChI is InChI=1S/C6H12ClO3P.C2H4O2/c1-2-6(3-8)4-9-11(7)10-5-6;1-2(3)4/h8H,2-5H2,1H3;1H3,(H,3,4). The van der Waals surface area contributed by atoms with E-state index < -0.39 is 13.7 Å². The van der Waals surface area contributed by atoms with Crippen molar-refractivity contribution in [2.45, 2.75) is 20.3 Å². The van der Waals surface area contributed by atoms with Crippen molar-refractivity contribution in [3.63, 3.8) is 0 Å². The van der Waals surface area contributed by atoms with Crippen molar-refractivity contribution in [1.29, 1.82) is 0 Å². The number of hydrogen-bond acceptors (Lipinski definition) is 4. The van der Waals surface area contributed by atoms with E-state index in [0.717, 1.165) is 13.3 Å². The van der Waals surface area contributed by atoms with Gasteiger partial charge in [-0.15, -0.1) is 0 Å². The third kappa shape index (κ3) is 6.28. The molecule has 0 aliphatic carbocycles. The Labute approximate surface area is 95.0 Å². The van der Waals surface area contributed by atoms with Crippen LogP contribution in [0.15, 0.2) is 0 Å². The number of aliphatic hydroxyl groups is 1. The summed E-state index contributed by atoms with van der Waals surface area (Å²) in [5.74, 6) is -0.833. The molecule has 5 nitrogen and oxygen atoms in total. The molecule has 0 aromatic carbocycles. The minimum Gasteiger partial charge on any atom is -0.481 e. The summed E-state index contributed by atoms with van der Waals surface area (Å²) >= 11 is 5.60. The van der Waals surface area contributed by atoms with E-state index in [1.807, 2.05) is 6.92 Å². The third-order valence-electron chi connectivity index (χ3n) is 2.03. The molecule has 0 radical (unpaired) electrons. The van der Waals surface area contributed by atoms with Crippen LogP contribution in [0.2, 0.25) is 0 Å². The summed E-state index contributed by atoms with van der Waals surface area (Å²) in [7, 11) is -1.20. The summed E-state index contributed by atoms with van der Waals surface area (Å²) in [6.07, 6.45) is 0.851. The fourth-order valence-corrected chi connectivity index (χ4v) is 1.98. The van der Waals surface area contributed by atoms with Crippen molar-refractivity contribution in [3.8, 4) is 0 Å². The normalized spacial score (nSPS) is 30.3. The monoisotopic (exact) mass is 258 g/mol. The highest BCUT2D eigenvalue weighted by Crippen LogP contribution is 2.50. The molecule has 0 aromatic rings. The highest BCUT2D eigenvalue weighted by atomic mass is 35.7. The smallest absolute Gasteiger partial charge is 0.300 e. The molecular weight excluding hydrogens is 243 g/mol. The second-order valence-electron chi connectivity index (χ2n) is 3.29. The summed E-state index contributed by atoms with van der Waals surface area (Å²) in [6.45, 7) is 4.21. The quantitative estimate of drug-likeness (QED) is 0.741. The second kappa shape index (κ2) is 7.36. The van der Waals surface area contributed by atoms with Crippen LogP contribution in [-0.4, -0.2) is 36.0 Å². The van der Waals surface area contributed by atoms with E-state index in [1.54, 1.807) is 0 Å². The molecule has 0 amide bonds. The first-order valence-corrected chi connectivity index (χ1v) is 6.56. The molecule has 90 valence electrons. The van der Waals surface area contributed by atoms with E-state index in [1.165, 1.54) is 0 Å². The predicted molar refractivity (Wildman–Crippen MR) is 57.8 cm³/mol. The molecule has 1 rings (SSSR count). The van der Waals surface area contributed by atoms with Gasteiger partial charge in [-0.1, -0.05) is 6.92 Å². The second-order valence-corrected chi connectivity index (χ2v) is 5.06. The highest BCUT2D eigenvalue weighted by molar-refractivity contribution is 7.76. The number of hydrogen-bond donors (Lipinski definition) is 2. The minimum atomic E-state index is -1.20. The van der Waals surface area contributed by atoms with Gasteiger partial charge in [0, 0.05) is 12.3 Å². The van der Waals surface area contributed by atoms with Gasteiger partial charge < -0.3 is 19.3 Å². The maximum atomic E-state index is 9.03. The number of rotatable bonds is 2. The van der Waals surface area contributed by atoms with Crippen molar-refractivity contribution in [3.05, 3.63) is 0 Å². The number of aliphatic carboxylic acids is 1. The van der Waals surface area contributed by atoms with Crippen LogP contribution in [0.4, 0.5) is 0 Å². The molecular formula is C8H16ClO5P. The molecule has 1 saturated heterocycles. The largest absolute Gasteiger partial charge is 0.481 e. The maximum Gasteiger partial charge on any atom is 0.300 e. The molecule has 0 aromatic heterocycles. The first-order chi connectivity index (χ1) is 6.95. The van der Waals surface area contributed by atoms with Crippen molar-refractivity contribution in [1.82, 2.24) is 0 Å². The third-order valence-corrected chi connectivity index (χ3v) is 3.28. The van der Waals surface area contributed by atoms with Crippen molar-refractivity contribution < 1.29 is 24.1 Å². The lowest BCUT2D eigenvalue weighted by Crippen LogP contribution is -2.36. The molecule has 1 aliphatic rings. The predicted octanol–water partition coefficient (Wildman–Crippen LogP) is 1.98. The van der Waals surface area contributed by atoms with Crippen molar-refractivity contribution in [2.75, 3.05) is 19.8 Å². The lowest BCUT2D eigenvalue weighted by atomic mass is 9.88. The van der Waals surface area contributed by atoms with Crippen LogP contribution >= 0.6 is 19.0 Å². The molecule has 7 heteroatoms. The van der Waals surface area contributed by atoms with Gasteiger partial charge in [-0.05, 0) is 17.7 Å². The highest BCUT2D eigenvalue weighted by Gasteiger charge is 2.34. The first kappa shape index (κ1) is 15.1.